The molecule has 0 unspecified atom stereocenters. The maximum atomic E-state index is 12.7. The third-order valence-electron chi connectivity index (χ3n) is 2.92. The summed E-state index contributed by atoms with van der Waals surface area (Å²) in [5.74, 6) is 0. The normalized spacial score (nSPS) is 12.5. The largest absolute Gasteiger partial charge is 0.418 e. The van der Waals surface area contributed by atoms with Crippen LogP contribution in [-0.4, -0.2) is 18.3 Å². The number of alkyl halides is 3. The zero-order chi connectivity index (χ0) is 14.7. The fourth-order valence-corrected chi connectivity index (χ4v) is 1.64. The van der Waals surface area contributed by atoms with Crippen molar-refractivity contribution in [1.29, 1.82) is 0 Å². The van der Waals surface area contributed by atoms with E-state index in [1.807, 2.05) is 13.8 Å². The molecule has 6 heteroatoms. The van der Waals surface area contributed by atoms with E-state index in [1.165, 1.54) is 12.1 Å². The number of benzene rings is 1. The van der Waals surface area contributed by atoms with Crippen molar-refractivity contribution >= 4 is 11.4 Å². The number of aliphatic hydroxyl groups excluding tert-OH is 1. The molecule has 1 rings (SSSR count). The Kier molecular flexibility index (Phi) is 4.68. The average molecular weight is 276 g/mol. The second-order valence-corrected chi connectivity index (χ2v) is 5.29. The molecule has 0 amide bonds. The lowest BCUT2D eigenvalue weighted by molar-refractivity contribution is -0.136. The fraction of sp³-hybridized carbons (Fsp3) is 0.538. The highest BCUT2D eigenvalue weighted by Gasteiger charge is 2.33. The number of anilines is 2. The quantitative estimate of drug-likeness (QED) is 0.724. The molecule has 0 aromatic heterocycles. The number of hydrogen-bond donors (Lipinski definition) is 3. The molecular weight excluding hydrogens is 257 g/mol. The van der Waals surface area contributed by atoms with Crippen LogP contribution in [0.2, 0.25) is 0 Å². The summed E-state index contributed by atoms with van der Waals surface area (Å²) in [5, 5.41) is 11.8. The number of hydrogen-bond acceptors (Lipinski definition) is 3. The number of nitrogens with two attached hydrogens (primary N) is 1. The third kappa shape index (κ3) is 4.63. The maximum absolute atomic E-state index is 12.7. The van der Waals surface area contributed by atoms with Crippen molar-refractivity contribution < 1.29 is 18.3 Å². The first-order valence-corrected chi connectivity index (χ1v) is 5.97. The summed E-state index contributed by atoms with van der Waals surface area (Å²) in [6.45, 7) is 4.37. The molecular formula is C13H19F3N2O. The molecule has 0 bridgehead atoms. The zero-order valence-corrected chi connectivity index (χ0v) is 11.0. The standard InChI is InChI=1S/C13H19F3N2O/c1-12(2,5-6-19)8-18-9-3-4-11(17)10(7-9)13(14,15)16/h3-4,7,18-19H,5-6,8,17H2,1-2H3. The molecule has 3 nitrogen and oxygen atoms in total. The van der Waals surface area contributed by atoms with Crippen LogP contribution in [0.1, 0.15) is 25.8 Å². The van der Waals surface area contributed by atoms with Crippen molar-refractivity contribution in [3.05, 3.63) is 23.8 Å². The molecule has 0 atom stereocenters. The van der Waals surface area contributed by atoms with Crippen LogP contribution < -0.4 is 11.1 Å². The number of nitrogen functional groups attached to an aromatic ring is 1. The highest BCUT2D eigenvalue weighted by molar-refractivity contribution is 5.58. The van der Waals surface area contributed by atoms with Gasteiger partial charge in [0.1, 0.15) is 0 Å². The second kappa shape index (κ2) is 5.69. The van der Waals surface area contributed by atoms with Gasteiger partial charge in [0.05, 0.1) is 5.56 Å². The zero-order valence-electron chi connectivity index (χ0n) is 11.0. The van der Waals surface area contributed by atoms with E-state index in [-0.39, 0.29) is 17.7 Å². The Morgan fingerprint density at radius 3 is 2.42 bits per heavy atom. The SMILES string of the molecule is CC(C)(CCO)CNc1ccc(N)c(C(F)(F)F)c1. The third-order valence-corrected chi connectivity index (χ3v) is 2.92. The van der Waals surface area contributed by atoms with Gasteiger partial charge >= 0.3 is 6.18 Å². The number of nitrogens with one attached hydrogen (secondary N) is 1. The Balaban J connectivity index is 2.81. The monoisotopic (exact) mass is 276 g/mol. The van der Waals surface area contributed by atoms with Gasteiger partial charge < -0.3 is 16.2 Å². The highest BCUT2D eigenvalue weighted by Crippen LogP contribution is 2.35. The van der Waals surface area contributed by atoms with E-state index in [0.717, 1.165) is 6.07 Å². The molecule has 0 fully saturated rings. The first kappa shape index (κ1) is 15.6. The van der Waals surface area contributed by atoms with Crippen LogP contribution in [0.25, 0.3) is 0 Å². The lowest BCUT2D eigenvalue weighted by Crippen LogP contribution is -2.24. The minimum Gasteiger partial charge on any atom is -0.398 e. The Bertz CT molecular complexity index is 430. The smallest absolute Gasteiger partial charge is 0.398 e. The van der Waals surface area contributed by atoms with Gasteiger partial charge in [0.25, 0.3) is 0 Å². The lowest BCUT2D eigenvalue weighted by atomic mass is 9.89. The summed E-state index contributed by atoms with van der Waals surface area (Å²) in [6.07, 6.45) is -3.89. The van der Waals surface area contributed by atoms with E-state index in [0.29, 0.717) is 18.7 Å². The van der Waals surface area contributed by atoms with Gasteiger partial charge in [-0.1, -0.05) is 13.8 Å². The summed E-state index contributed by atoms with van der Waals surface area (Å²) in [4.78, 5) is 0. The minimum absolute atomic E-state index is 0.0459. The predicted octanol–water partition coefficient (Wildman–Crippen LogP) is 3.11. The van der Waals surface area contributed by atoms with Crippen LogP contribution in [0.5, 0.6) is 0 Å². The highest BCUT2D eigenvalue weighted by atomic mass is 19.4. The van der Waals surface area contributed by atoms with Crippen molar-refractivity contribution in [3.63, 3.8) is 0 Å². The Morgan fingerprint density at radius 1 is 1.26 bits per heavy atom. The molecule has 0 aliphatic heterocycles. The molecule has 0 spiro atoms. The number of aliphatic hydroxyl groups is 1. The van der Waals surface area contributed by atoms with Gasteiger partial charge in [-0.25, -0.2) is 0 Å². The fourth-order valence-electron chi connectivity index (χ4n) is 1.64. The summed E-state index contributed by atoms with van der Waals surface area (Å²) in [7, 11) is 0. The van der Waals surface area contributed by atoms with E-state index >= 15 is 0 Å². The van der Waals surface area contributed by atoms with Crippen molar-refractivity contribution in [1.82, 2.24) is 0 Å². The second-order valence-electron chi connectivity index (χ2n) is 5.29. The molecule has 4 N–H and O–H groups in total. The van der Waals surface area contributed by atoms with Crippen LogP contribution in [-0.2, 0) is 6.18 Å². The molecule has 19 heavy (non-hydrogen) atoms. The van der Waals surface area contributed by atoms with Crippen LogP contribution in [0.4, 0.5) is 24.5 Å². The molecule has 0 heterocycles. The summed E-state index contributed by atoms with van der Waals surface area (Å²) in [5.41, 5.74) is 4.37. The van der Waals surface area contributed by atoms with Crippen molar-refractivity contribution in [3.8, 4) is 0 Å². The van der Waals surface area contributed by atoms with Crippen molar-refractivity contribution in [2.24, 2.45) is 5.41 Å². The van der Waals surface area contributed by atoms with Gasteiger partial charge in [-0.2, -0.15) is 13.2 Å². The van der Waals surface area contributed by atoms with E-state index in [4.69, 9.17) is 10.8 Å². The van der Waals surface area contributed by atoms with Crippen molar-refractivity contribution in [2.45, 2.75) is 26.4 Å². The molecule has 0 saturated carbocycles. The van der Waals surface area contributed by atoms with Gasteiger partial charge in [-0.3, -0.25) is 0 Å². The van der Waals surface area contributed by atoms with Gasteiger partial charge in [0.2, 0.25) is 0 Å². The van der Waals surface area contributed by atoms with Gasteiger partial charge in [-0.05, 0) is 30.0 Å². The number of rotatable bonds is 5. The molecule has 108 valence electrons. The van der Waals surface area contributed by atoms with E-state index in [1.54, 1.807) is 0 Å². The van der Waals surface area contributed by atoms with Crippen LogP contribution >= 0.6 is 0 Å². The Hall–Kier alpha value is -1.43. The maximum Gasteiger partial charge on any atom is 0.418 e. The topological polar surface area (TPSA) is 58.3 Å². The number of halogens is 3. The van der Waals surface area contributed by atoms with Gasteiger partial charge in [0, 0.05) is 24.5 Å². The minimum atomic E-state index is -4.46. The Morgan fingerprint density at radius 2 is 1.89 bits per heavy atom. The van der Waals surface area contributed by atoms with Crippen molar-refractivity contribution in [2.75, 3.05) is 24.2 Å². The van der Waals surface area contributed by atoms with E-state index in [9.17, 15) is 13.2 Å². The summed E-state index contributed by atoms with van der Waals surface area (Å²) in [6, 6.07) is 3.76. The van der Waals surface area contributed by atoms with Crippen LogP contribution in [0, 0.1) is 5.41 Å². The average Bonchev–Trinajstić information content (AvgIpc) is 2.26. The summed E-state index contributed by atoms with van der Waals surface area (Å²) < 4.78 is 38.0. The van der Waals surface area contributed by atoms with Gasteiger partial charge in [0.15, 0.2) is 0 Å². The molecule has 0 radical (unpaired) electrons. The molecule has 0 aliphatic rings. The molecule has 1 aromatic carbocycles. The van der Waals surface area contributed by atoms with Gasteiger partial charge in [-0.15, -0.1) is 0 Å². The van der Waals surface area contributed by atoms with Crippen LogP contribution in [0.15, 0.2) is 18.2 Å². The molecule has 1 aromatic rings. The van der Waals surface area contributed by atoms with Crippen LogP contribution in [0.3, 0.4) is 0 Å². The molecule has 0 aliphatic carbocycles. The van der Waals surface area contributed by atoms with E-state index in [2.05, 4.69) is 5.32 Å². The first-order valence-electron chi connectivity index (χ1n) is 5.97. The molecule has 0 saturated heterocycles. The predicted molar refractivity (Wildman–Crippen MR) is 69.8 cm³/mol. The summed E-state index contributed by atoms with van der Waals surface area (Å²) >= 11 is 0. The van der Waals surface area contributed by atoms with E-state index < -0.39 is 11.7 Å². The Labute approximate surface area is 110 Å². The lowest BCUT2D eigenvalue weighted by Gasteiger charge is -2.25. The first-order chi connectivity index (χ1) is 8.65.